The zero-order chi connectivity index (χ0) is 14.3. The quantitative estimate of drug-likeness (QED) is 0.817. The molecule has 1 aliphatic carbocycles. The molecule has 0 saturated carbocycles. The smallest absolute Gasteiger partial charge is 0.169 e. The Hall–Kier alpha value is -0.670. The number of hydrogen-bond donors (Lipinski definition) is 0. The third-order valence-corrected chi connectivity index (χ3v) is 5.17. The fraction of sp³-hybridized carbons (Fsp3) is 0.529. The van der Waals surface area contributed by atoms with Crippen molar-refractivity contribution in [1.82, 2.24) is 4.90 Å². The maximum absolute atomic E-state index is 12.8. The van der Waals surface area contributed by atoms with E-state index in [0.717, 1.165) is 48.9 Å². The lowest BCUT2D eigenvalue weighted by Gasteiger charge is -2.38. The predicted molar refractivity (Wildman–Crippen MR) is 84.9 cm³/mol. The first kappa shape index (κ1) is 14.3. The van der Waals surface area contributed by atoms with Crippen molar-refractivity contribution in [2.24, 2.45) is 5.41 Å². The van der Waals surface area contributed by atoms with Crippen LogP contribution >= 0.6 is 15.9 Å². The normalized spacial score (nSPS) is 21.7. The number of halogens is 1. The Bertz CT molecular complexity index is 530. The summed E-state index contributed by atoms with van der Waals surface area (Å²) in [6, 6.07) is 6.17. The van der Waals surface area contributed by atoms with E-state index < -0.39 is 0 Å². The summed E-state index contributed by atoms with van der Waals surface area (Å²) in [4.78, 5) is 15.3. The number of nitrogens with zero attached hydrogens (tertiary/aromatic N) is 1. The van der Waals surface area contributed by atoms with Crippen molar-refractivity contribution in [2.45, 2.75) is 33.1 Å². The van der Waals surface area contributed by atoms with Gasteiger partial charge >= 0.3 is 0 Å². The summed E-state index contributed by atoms with van der Waals surface area (Å²) in [6.07, 6.45) is 2.95. The van der Waals surface area contributed by atoms with Crippen LogP contribution in [-0.4, -0.2) is 30.3 Å². The van der Waals surface area contributed by atoms with E-state index in [2.05, 4.69) is 46.8 Å². The molecule has 1 heterocycles. The maximum Gasteiger partial charge on any atom is 0.169 e. The highest BCUT2D eigenvalue weighted by Crippen LogP contribution is 2.45. The van der Waals surface area contributed by atoms with Crippen molar-refractivity contribution in [3.63, 3.8) is 0 Å². The number of ketones is 1. The van der Waals surface area contributed by atoms with Crippen LogP contribution < -0.4 is 0 Å². The topological polar surface area (TPSA) is 20.3 Å². The van der Waals surface area contributed by atoms with Gasteiger partial charge < -0.3 is 4.90 Å². The van der Waals surface area contributed by atoms with Crippen LogP contribution in [0.3, 0.4) is 0 Å². The van der Waals surface area contributed by atoms with Crippen LogP contribution in [-0.2, 0) is 6.42 Å². The molecule has 0 N–H and O–H groups in total. The van der Waals surface area contributed by atoms with Gasteiger partial charge in [-0.2, -0.15) is 0 Å². The second kappa shape index (κ2) is 5.27. The lowest BCUT2D eigenvalue weighted by molar-refractivity contribution is 0.0642. The van der Waals surface area contributed by atoms with E-state index in [0.29, 0.717) is 5.78 Å². The van der Waals surface area contributed by atoms with Gasteiger partial charge in [0, 0.05) is 22.0 Å². The number of likely N-dealkylation sites (tertiary alicyclic amines) is 1. The molecule has 0 bridgehead atoms. The Morgan fingerprint density at radius 3 is 2.65 bits per heavy atom. The number of carbonyl (C=O) groups is 1. The van der Waals surface area contributed by atoms with Gasteiger partial charge in [-0.1, -0.05) is 35.8 Å². The third-order valence-electron chi connectivity index (χ3n) is 4.68. The van der Waals surface area contributed by atoms with Gasteiger partial charge in [0.2, 0.25) is 0 Å². The minimum absolute atomic E-state index is 0.110. The Kier molecular flexibility index (Phi) is 3.76. The van der Waals surface area contributed by atoms with Crippen molar-refractivity contribution < 1.29 is 4.79 Å². The Labute approximate surface area is 129 Å². The predicted octanol–water partition coefficient (Wildman–Crippen LogP) is 3.88. The van der Waals surface area contributed by atoms with Crippen LogP contribution in [0.5, 0.6) is 0 Å². The van der Waals surface area contributed by atoms with Crippen LogP contribution in [0.2, 0.25) is 0 Å². The molecule has 0 atom stereocenters. The number of hydrogen-bond acceptors (Lipinski definition) is 2. The number of Topliss-reactive ketones (excluding diaryl/α,β-unsaturated/α-hetero) is 1. The molecule has 20 heavy (non-hydrogen) atoms. The zero-order valence-electron chi connectivity index (χ0n) is 12.2. The van der Waals surface area contributed by atoms with E-state index in [-0.39, 0.29) is 5.41 Å². The summed E-state index contributed by atoms with van der Waals surface area (Å²) < 4.78 is 1.01. The van der Waals surface area contributed by atoms with Gasteiger partial charge in [-0.05, 0) is 56.0 Å². The minimum Gasteiger partial charge on any atom is -0.303 e. The van der Waals surface area contributed by atoms with Crippen LogP contribution in [0.4, 0.5) is 0 Å². The summed E-state index contributed by atoms with van der Waals surface area (Å²) in [5.74, 6) is 1.83. The van der Waals surface area contributed by atoms with Gasteiger partial charge in [0.05, 0.1) is 0 Å². The molecule has 107 valence electrons. The number of benzene rings is 1. The largest absolute Gasteiger partial charge is 0.303 e. The van der Waals surface area contributed by atoms with Crippen molar-refractivity contribution in [2.75, 3.05) is 19.6 Å². The SMILES string of the molecule is C[C](C)CN1CCC2(CC1)Cc1ccc(Br)cc1C2=O. The first-order chi connectivity index (χ1) is 9.50. The molecule has 3 heteroatoms. The fourth-order valence-electron chi connectivity index (χ4n) is 3.63. The molecular formula is C17H21BrNO. The molecule has 1 radical (unpaired) electrons. The number of fused-ring (bicyclic) bond motifs is 1. The first-order valence-electron chi connectivity index (χ1n) is 7.35. The highest BCUT2D eigenvalue weighted by molar-refractivity contribution is 9.10. The molecule has 0 aromatic heterocycles. The highest BCUT2D eigenvalue weighted by atomic mass is 79.9. The Morgan fingerprint density at radius 1 is 1.30 bits per heavy atom. The molecule has 1 spiro atoms. The number of carbonyl (C=O) groups excluding carboxylic acids is 1. The molecule has 3 rings (SSSR count). The highest BCUT2D eigenvalue weighted by Gasteiger charge is 2.46. The molecule has 2 nitrogen and oxygen atoms in total. The molecule has 0 unspecified atom stereocenters. The van der Waals surface area contributed by atoms with Crippen molar-refractivity contribution in [3.05, 3.63) is 39.7 Å². The average molecular weight is 335 g/mol. The van der Waals surface area contributed by atoms with Gasteiger partial charge in [-0.25, -0.2) is 0 Å². The van der Waals surface area contributed by atoms with E-state index in [4.69, 9.17) is 0 Å². The minimum atomic E-state index is -0.110. The van der Waals surface area contributed by atoms with E-state index in [1.54, 1.807) is 0 Å². The lowest BCUT2D eigenvalue weighted by Crippen LogP contribution is -2.44. The van der Waals surface area contributed by atoms with Crippen molar-refractivity contribution in [3.8, 4) is 0 Å². The summed E-state index contributed by atoms with van der Waals surface area (Å²) >= 11 is 3.48. The van der Waals surface area contributed by atoms with Crippen LogP contribution in [0.15, 0.2) is 22.7 Å². The first-order valence-corrected chi connectivity index (χ1v) is 8.14. The van der Waals surface area contributed by atoms with Crippen LogP contribution in [0, 0.1) is 11.3 Å². The van der Waals surface area contributed by atoms with Gasteiger partial charge in [0.1, 0.15) is 0 Å². The van der Waals surface area contributed by atoms with Gasteiger partial charge in [-0.3, -0.25) is 4.79 Å². The van der Waals surface area contributed by atoms with Gasteiger partial charge in [0.15, 0.2) is 5.78 Å². The van der Waals surface area contributed by atoms with Crippen molar-refractivity contribution in [1.29, 1.82) is 0 Å². The molecular weight excluding hydrogens is 314 g/mol. The van der Waals surface area contributed by atoms with Crippen molar-refractivity contribution >= 4 is 21.7 Å². The number of rotatable bonds is 2. The van der Waals surface area contributed by atoms with Crippen LogP contribution in [0.25, 0.3) is 0 Å². The molecule has 1 aliphatic heterocycles. The number of piperidine rings is 1. The average Bonchev–Trinajstić information content (AvgIpc) is 2.66. The Balaban J connectivity index is 1.76. The summed E-state index contributed by atoms with van der Waals surface area (Å²) in [6.45, 7) is 7.53. The fourth-order valence-corrected chi connectivity index (χ4v) is 4.00. The maximum atomic E-state index is 12.8. The van der Waals surface area contributed by atoms with Gasteiger partial charge in [0.25, 0.3) is 0 Å². The summed E-state index contributed by atoms with van der Waals surface area (Å²) in [5, 5.41) is 0. The Morgan fingerprint density at radius 2 is 2.00 bits per heavy atom. The van der Waals surface area contributed by atoms with E-state index >= 15 is 0 Å². The molecule has 1 aromatic carbocycles. The second-order valence-electron chi connectivity index (χ2n) is 6.57. The summed E-state index contributed by atoms with van der Waals surface area (Å²) in [7, 11) is 0. The molecule has 1 aromatic rings. The standard InChI is InChI=1S/C17H21BrNO/c1-12(2)11-19-7-5-17(6-8-19)10-13-3-4-14(18)9-15(13)16(17)20/h3-4,9H,5-8,10-11H2,1-2H3. The molecule has 0 amide bonds. The monoisotopic (exact) mass is 334 g/mol. The van der Waals surface area contributed by atoms with E-state index in [1.165, 1.54) is 11.5 Å². The second-order valence-corrected chi connectivity index (χ2v) is 7.49. The molecule has 1 fully saturated rings. The molecule has 2 aliphatic rings. The van der Waals surface area contributed by atoms with Gasteiger partial charge in [-0.15, -0.1) is 0 Å². The van der Waals surface area contributed by atoms with E-state index in [1.807, 2.05) is 6.07 Å². The zero-order valence-corrected chi connectivity index (χ0v) is 13.8. The van der Waals surface area contributed by atoms with E-state index in [9.17, 15) is 4.79 Å². The lowest BCUT2D eigenvalue weighted by atomic mass is 9.75. The third kappa shape index (κ3) is 2.46. The summed E-state index contributed by atoms with van der Waals surface area (Å²) in [5.41, 5.74) is 2.08. The van der Waals surface area contributed by atoms with Crippen LogP contribution in [0.1, 0.15) is 42.6 Å². The molecule has 1 saturated heterocycles.